The van der Waals surface area contributed by atoms with Gasteiger partial charge in [-0.05, 0) is 80.3 Å². The highest BCUT2D eigenvalue weighted by molar-refractivity contribution is 5.98. The van der Waals surface area contributed by atoms with Crippen LogP contribution in [-0.4, -0.2) is 59.0 Å². The van der Waals surface area contributed by atoms with Crippen molar-refractivity contribution in [3.63, 3.8) is 0 Å². The number of carbonyl (C=O) groups is 2. The third-order valence-corrected chi connectivity index (χ3v) is 7.46. The van der Waals surface area contributed by atoms with Crippen LogP contribution in [0.5, 0.6) is 0 Å². The lowest BCUT2D eigenvalue weighted by Crippen LogP contribution is -2.38. The van der Waals surface area contributed by atoms with E-state index >= 15 is 0 Å². The number of aryl methyl sites for hydroxylation is 2. The monoisotopic (exact) mass is 513 g/mol. The number of pyridine rings is 1. The number of nitrogens with zero attached hydrogens (tertiary/aromatic N) is 3. The summed E-state index contributed by atoms with van der Waals surface area (Å²) >= 11 is 0. The Kier molecular flexibility index (Phi) is 8.16. The Hall–Kier alpha value is -3.94. The fraction of sp³-hybridized carbons (Fsp3) is 0.400. The van der Waals surface area contributed by atoms with Crippen molar-refractivity contribution in [1.82, 2.24) is 15.2 Å². The van der Waals surface area contributed by atoms with Gasteiger partial charge in [0.25, 0.3) is 5.91 Å². The first kappa shape index (κ1) is 25.7. The molecule has 2 aromatic carbocycles. The van der Waals surface area contributed by atoms with Crippen LogP contribution in [0.1, 0.15) is 53.7 Å². The molecule has 198 valence electrons. The summed E-state index contributed by atoms with van der Waals surface area (Å²) in [5, 5.41) is 16.8. The van der Waals surface area contributed by atoms with Gasteiger partial charge in [0.15, 0.2) is 5.96 Å². The third-order valence-electron chi connectivity index (χ3n) is 7.46. The van der Waals surface area contributed by atoms with Gasteiger partial charge >= 0.3 is 5.97 Å². The number of amides is 1. The van der Waals surface area contributed by atoms with Gasteiger partial charge in [0.05, 0.1) is 5.52 Å². The summed E-state index contributed by atoms with van der Waals surface area (Å²) in [6.45, 7) is 3.20. The van der Waals surface area contributed by atoms with Crippen LogP contribution in [0, 0.1) is 5.92 Å². The largest absolute Gasteiger partial charge is 0.481 e. The number of aromatic nitrogens is 1. The molecule has 0 aliphatic carbocycles. The Morgan fingerprint density at radius 1 is 1.05 bits per heavy atom. The van der Waals surface area contributed by atoms with Gasteiger partial charge in [-0.1, -0.05) is 24.3 Å². The number of fused-ring (bicyclic) bond motifs is 1. The van der Waals surface area contributed by atoms with Crippen LogP contribution in [0.15, 0.2) is 59.6 Å². The summed E-state index contributed by atoms with van der Waals surface area (Å²) in [7, 11) is 0. The molecule has 8 nitrogen and oxygen atoms in total. The van der Waals surface area contributed by atoms with Crippen molar-refractivity contribution in [2.45, 2.75) is 44.9 Å². The smallest absolute Gasteiger partial charge is 0.303 e. The normalized spacial score (nSPS) is 16.1. The van der Waals surface area contributed by atoms with Crippen LogP contribution in [-0.2, 0) is 17.6 Å². The molecule has 0 unspecified atom stereocenters. The van der Waals surface area contributed by atoms with Gasteiger partial charge in [0, 0.05) is 54.9 Å². The standard InChI is InChI=1S/C30H35N5O3/c36-28(37)12-10-23-19-22-5-1-2-8-26(22)34-27(23)11-9-21-13-17-35(18-14-21)29(38)24-6-3-7-25(20-24)33-30-31-15-4-16-32-30/h1-3,5-8,19-21H,4,9-18H2,(H,36,37)(H2,31,32,33). The van der Waals surface area contributed by atoms with Crippen LogP contribution in [0.2, 0.25) is 0 Å². The Labute approximate surface area is 223 Å². The van der Waals surface area contributed by atoms with E-state index in [-0.39, 0.29) is 12.3 Å². The van der Waals surface area contributed by atoms with Gasteiger partial charge < -0.3 is 20.6 Å². The fourth-order valence-corrected chi connectivity index (χ4v) is 5.31. The van der Waals surface area contributed by atoms with Crippen LogP contribution in [0.4, 0.5) is 5.69 Å². The highest BCUT2D eigenvalue weighted by Crippen LogP contribution is 2.26. The summed E-state index contributed by atoms with van der Waals surface area (Å²) in [4.78, 5) is 35.7. The zero-order valence-corrected chi connectivity index (χ0v) is 21.7. The van der Waals surface area contributed by atoms with E-state index in [4.69, 9.17) is 4.98 Å². The van der Waals surface area contributed by atoms with E-state index in [2.05, 4.69) is 21.7 Å². The number of aliphatic imine (C=N–C) groups is 1. The molecular weight excluding hydrogens is 478 g/mol. The second kappa shape index (κ2) is 12.1. The van der Waals surface area contributed by atoms with Crippen molar-refractivity contribution in [1.29, 1.82) is 0 Å². The van der Waals surface area contributed by atoms with Gasteiger partial charge in [-0.2, -0.15) is 0 Å². The molecule has 1 fully saturated rings. The van der Waals surface area contributed by atoms with Crippen molar-refractivity contribution in [2.75, 3.05) is 31.5 Å². The topological polar surface area (TPSA) is 107 Å². The molecule has 3 N–H and O–H groups in total. The number of guanidine groups is 1. The lowest BCUT2D eigenvalue weighted by atomic mass is 9.90. The van der Waals surface area contributed by atoms with Crippen molar-refractivity contribution in [3.05, 3.63) is 71.4 Å². The molecule has 0 bridgehead atoms. The molecule has 38 heavy (non-hydrogen) atoms. The number of carboxylic acid groups (broad SMARTS) is 1. The number of carboxylic acids is 1. The van der Waals surface area contributed by atoms with Gasteiger partial charge in [-0.25, -0.2) is 0 Å². The molecule has 1 aromatic heterocycles. The number of hydrogen-bond donors (Lipinski definition) is 3. The average Bonchev–Trinajstić information content (AvgIpc) is 2.95. The number of aliphatic carboxylic acids is 1. The number of benzene rings is 2. The first-order chi connectivity index (χ1) is 18.5. The number of hydrogen-bond acceptors (Lipinski definition) is 6. The Morgan fingerprint density at radius 2 is 1.89 bits per heavy atom. The molecule has 0 atom stereocenters. The van der Waals surface area contributed by atoms with E-state index in [1.165, 1.54) is 0 Å². The maximum absolute atomic E-state index is 13.2. The minimum Gasteiger partial charge on any atom is -0.481 e. The zero-order chi connectivity index (χ0) is 26.3. The van der Waals surface area contributed by atoms with E-state index in [0.29, 0.717) is 17.9 Å². The second-order valence-corrected chi connectivity index (χ2v) is 10.2. The maximum Gasteiger partial charge on any atom is 0.303 e. The summed E-state index contributed by atoms with van der Waals surface area (Å²) < 4.78 is 0. The SMILES string of the molecule is O=C(O)CCc1cc2ccccc2nc1CCC1CCN(C(=O)c2cccc(NC3=NCCCN3)c2)CC1. The lowest BCUT2D eigenvalue weighted by molar-refractivity contribution is -0.136. The number of para-hydroxylation sites is 1. The quantitative estimate of drug-likeness (QED) is 0.410. The van der Waals surface area contributed by atoms with E-state index in [0.717, 1.165) is 92.1 Å². The molecule has 8 heteroatoms. The van der Waals surface area contributed by atoms with Gasteiger partial charge in [-0.3, -0.25) is 19.6 Å². The van der Waals surface area contributed by atoms with Crippen LogP contribution < -0.4 is 10.6 Å². The Bertz CT molecular complexity index is 1330. The molecular formula is C30H35N5O3. The summed E-state index contributed by atoms with van der Waals surface area (Å²) in [6.07, 6.45) is 5.36. The summed E-state index contributed by atoms with van der Waals surface area (Å²) in [5.74, 6) is 0.552. The van der Waals surface area contributed by atoms with Crippen molar-refractivity contribution >= 4 is 34.4 Å². The maximum atomic E-state index is 13.2. The van der Waals surface area contributed by atoms with Crippen LogP contribution in [0.3, 0.4) is 0 Å². The van der Waals surface area contributed by atoms with E-state index in [1.807, 2.05) is 53.4 Å². The number of carbonyl (C=O) groups excluding carboxylic acids is 1. The molecule has 3 aromatic rings. The minimum atomic E-state index is -0.790. The average molecular weight is 514 g/mol. The minimum absolute atomic E-state index is 0.0674. The summed E-state index contributed by atoms with van der Waals surface area (Å²) in [6, 6.07) is 17.7. The highest BCUT2D eigenvalue weighted by atomic mass is 16.4. The van der Waals surface area contributed by atoms with Gasteiger partial charge in [0.2, 0.25) is 0 Å². The number of nitrogens with one attached hydrogen (secondary N) is 2. The first-order valence-electron chi connectivity index (χ1n) is 13.6. The number of likely N-dealkylation sites (tertiary alicyclic amines) is 1. The molecule has 2 aliphatic heterocycles. The lowest BCUT2D eigenvalue weighted by Gasteiger charge is -2.32. The summed E-state index contributed by atoms with van der Waals surface area (Å²) in [5.41, 5.74) is 4.53. The number of anilines is 1. The highest BCUT2D eigenvalue weighted by Gasteiger charge is 2.24. The molecule has 0 spiro atoms. The molecule has 5 rings (SSSR count). The van der Waals surface area contributed by atoms with E-state index in [9.17, 15) is 14.7 Å². The van der Waals surface area contributed by atoms with Gasteiger partial charge in [0.1, 0.15) is 0 Å². The number of rotatable bonds is 8. The van der Waals surface area contributed by atoms with E-state index < -0.39 is 5.97 Å². The Morgan fingerprint density at radius 3 is 2.68 bits per heavy atom. The third kappa shape index (κ3) is 6.49. The second-order valence-electron chi connectivity index (χ2n) is 10.2. The fourth-order valence-electron chi connectivity index (χ4n) is 5.31. The van der Waals surface area contributed by atoms with Crippen LogP contribution in [0.25, 0.3) is 10.9 Å². The van der Waals surface area contributed by atoms with E-state index in [1.54, 1.807) is 0 Å². The Balaban J connectivity index is 1.17. The van der Waals surface area contributed by atoms with Gasteiger partial charge in [-0.15, -0.1) is 0 Å². The molecule has 0 radical (unpaired) electrons. The predicted molar refractivity (Wildman–Crippen MR) is 150 cm³/mol. The zero-order valence-electron chi connectivity index (χ0n) is 21.7. The molecule has 1 amide bonds. The molecule has 3 heterocycles. The number of piperidine rings is 1. The molecule has 2 aliphatic rings. The van der Waals surface area contributed by atoms with Crippen LogP contribution >= 0.6 is 0 Å². The van der Waals surface area contributed by atoms with Crippen molar-refractivity contribution in [2.24, 2.45) is 10.9 Å². The van der Waals surface area contributed by atoms with Crippen molar-refractivity contribution in [3.8, 4) is 0 Å². The van der Waals surface area contributed by atoms with Crippen molar-refractivity contribution < 1.29 is 14.7 Å². The molecule has 1 saturated heterocycles. The predicted octanol–water partition coefficient (Wildman–Crippen LogP) is 4.50. The molecule has 0 saturated carbocycles. The first-order valence-corrected chi connectivity index (χ1v) is 13.6.